The molecule has 43 heavy (non-hydrogen) atoms. The van der Waals surface area contributed by atoms with Gasteiger partial charge in [0.25, 0.3) is 11.8 Å². The largest absolute Gasteiger partial charge is 0.376 e. The van der Waals surface area contributed by atoms with Gasteiger partial charge in [-0.05, 0) is 69.2 Å². The van der Waals surface area contributed by atoms with E-state index in [9.17, 15) is 14.9 Å². The second-order valence-corrected chi connectivity index (χ2v) is 12.1. The first-order chi connectivity index (χ1) is 21.0. The van der Waals surface area contributed by atoms with Crippen LogP contribution in [0.15, 0.2) is 66.4 Å². The van der Waals surface area contributed by atoms with Gasteiger partial charge in [-0.2, -0.15) is 10.4 Å². The maximum Gasteiger partial charge on any atom is 0.266 e. The van der Waals surface area contributed by atoms with Crippen LogP contribution < -0.4 is 10.6 Å². The highest BCUT2D eigenvalue weighted by molar-refractivity contribution is 7.17. The number of amides is 2. The van der Waals surface area contributed by atoms with Crippen LogP contribution in [-0.4, -0.2) is 40.9 Å². The molecular formula is C34H33N5O3S. The smallest absolute Gasteiger partial charge is 0.266 e. The fourth-order valence-corrected chi connectivity index (χ4v) is 6.89. The molecule has 1 aliphatic heterocycles. The third kappa shape index (κ3) is 6.31. The lowest BCUT2D eigenvalue weighted by Gasteiger charge is -2.15. The van der Waals surface area contributed by atoms with Crippen LogP contribution in [0.25, 0.3) is 23.0 Å². The number of fused-ring (bicyclic) bond motifs is 1. The van der Waals surface area contributed by atoms with Gasteiger partial charge in [0.15, 0.2) is 0 Å². The van der Waals surface area contributed by atoms with Crippen molar-refractivity contribution in [3.63, 3.8) is 0 Å². The van der Waals surface area contributed by atoms with Crippen LogP contribution in [0, 0.1) is 18.3 Å². The number of anilines is 1. The van der Waals surface area contributed by atoms with Gasteiger partial charge in [-0.25, -0.2) is 4.68 Å². The topological polar surface area (TPSA) is 109 Å². The van der Waals surface area contributed by atoms with Gasteiger partial charge in [0, 0.05) is 35.4 Å². The average molecular weight is 592 g/mol. The van der Waals surface area contributed by atoms with Crippen molar-refractivity contribution in [3.8, 4) is 23.0 Å². The van der Waals surface area contributed by atoms with Crippen molar-refractivity contribution in [2.45, 2.75) is 51.6 Å². The molecule has 0 spiro atoms. The molecule has 4 aromatic rings. The van der Waals surface area contributed by atoms with E-state index in [-0.39, 0.29) is 17.6 Å². The zero-order valence-electron chi connectivity index (χ0n) is 24.1. The normalized spacial score (nSPS) is 16.4. The summed E-state index contributed by atoms with van der Waals surface area (Å²) in [5, 5.41) is 21.4. The Labute approximate surface area is 255 Å². The molecular weight excluding hydrogens is 558 g/mol. The van der Waals surface area contributed by atoms with Crippen LogP contribution in [-0.2, 0) is 22.4 Å². The average Bonchev–Trinajstić information content (AvgIpc) is 3.78. The Hall–Kier alpha value is -4.52. The number of carbonyl (C=O) groups excluding carboxylic acids is 2. The summed E-state index contributed by atoms with van der Waals surface area (Å²) in [5.74, 6) is -0.768. The van der Waals surface area contributed by atoms with E-state index in [4.69, 9.17) is 9.84 Å². The van der Waals surface area contributed by atoms with E-state index in [0.717, 1.165) is 72.4 Å². The van der Waals surface area contributed by atoms with Gasteiger partial charge in [-0.1, -0.05) is 48.0 Å². The molecule has 0 radical (unpaired) electrons. The highest BCUT2D eigenvalue weighted by Crippen LogP contribution is 2.38. The standard InChI is InChI=1S/C34H33N5O3S/c1-22-13-15-23(16-14-22)31-25(21-39(38-31)26-8-3-2-4-9-26)18-24(19-35)32(40)37-34-30(28-11-5-6-12-29(28)43-34)33(41)36-20-27-10-7-17-42-27/h2-4,8-9,13-16,18,21,27H,5-7,10-12,17,20H2,1H3,(H,36,41)(H,37,40)/b24-18+/t27-/m0/s1. The molecule has 0 saturated carbocycles. The first kappa shape index (κ1) is 28.6. The number of thiophene rings is 1. The molecule has 0 bridgehead atoms. The quantitative estimate of drug-likeness (QED) is 0.186. The lowest BCUT2D eigenvalue weighted by atomic mass is 9.95. The molecule has 1 atom stereocenters. The molecule has 1 aliphatic carbocycles. The molecule has 1 saturated heterocycles. The number of ether oxygens (including phenoxy) is 1. The highest BCUT2D eigenvalue weighted by Gasteiger charge is 2.28. The van der Waals surface area contributed by atoms with Gasteiger partial charge < -0.3 is 15.4 Å². The van der Waals surface area contributed by atoms with Crippen molar-refractivity contribution in [2.24, 2.45) is 0 Å². The zero-order chi connectivity index (χ0) is 29.8. The minimum absolute atomic E-state index is 0.0177. The minimum atomic E-state index is -0.559. The van der Waals surface area contributed by atoms with Crippen molar-refractivity contribution in [3.05, 3.63) is 93.5 Å². The number of carbonyl (C=O) groups is 2. The second kappa shape index (κ2) is 12.8. The van der Waals surface area contributed by atoms with Crippen LogP contribution in [0.2, 0.25) is 0 Å². The lowest BCUT2D eigenvalue weighted by molar-refractivity contribution is -0.112. The number of nitrogens with one attached hydrogen (secondary N) is 2. The fraction of sp³-hybridized carbons (Fsp3) is 0.294. The first-order valence-electron chi connectivity index (χ1n) is 14.7. The number of hydrogen-bond donors (Lipinski definition) is 2. The van der Waals surface area contributed by atoms with E-state index in [2.05, 4.69) is 16.7 Å². The molecule has 0 unspecified atom stereocenters. The van der Waals surface area contributed by atoms with Crippen LogP contribution in [0.1, 0.15) is 57.6 Å². The molecule has 2 aromatic heterocycles. The molecule has 218 valence electrons. The van der Waals surface area contributed by atoms with E-state index >= 15 is 0 Å². The number of nitrogens with zero attached hydrogens (tertiary/aromatic N) is 3. The Morgan fingerprint density at radius 1 is 1.12 bits per heavy atom. The summed E-state index contributed by atoms with van der Waals surface area (Å²) >= 11 is 1.44. The maximum atomic E-state index is 13.6. The number of benzene rings is 2. The molecule has 9 heteroatoms. The van der Waals surface area contributed by atoms with Gasteiger partial charge >= 0.3 is 0 Å². The molecule has 2 aromatic carbocycles. The SMILES string of the molecule is Cc1ccc(-c2nn(-c3ccccc3)cc2/C=C(\C#N)C(=O)Nc2sc3c(c2C(=O)NC[C@@H]2CCCO2)CCCC3)cc1. The van der Waals surface area contributed by atoms with Gasteiger partial charge in [0.05, 0.1) is 23.0 Å². The van der Waals surface area contributed by atoms with Crippen molar-refractivity contribution in [1.82, 2.24) is 15.1 Å². The van der Waals surface area contributed by atoms with E-state index in [0.29, 0.717) is 28.4 Å². The molecule has 2 aliphatic rings. The highest BCUT2D eigenvalue weighted by atomic mass is 32.1. The van der Waals surface area contributed by atoms with Gasteiger partial charge in [-0.3, -0.25) is 9.59 Å². The molecule has 1 fully saturated rings. The lowest BCUT2D eigenvalue weighted by Crippen LogP contribution is -2.32. The van der Waals surface area contributed by atoms with Gasteiger partial charge in [-0.15, -0.1) is 11.3 Å². The number of aryl methyl sites for hydroxylation is 2. The predicted molar refractivity (Wildman–Crippen MR) is 168 cm³/mol. The van der Waals surface area contributed by atoms with E-state index in [1.54, 1.807) is 10.8 Å². The Balaban J connectivity index is 1.31. The zero-order valence-corrected chi connectivity index (χ0v) is 24.9. The number of rotatable bonds is 8. The minimum Gasteiger partial charge on any atom is -0.376 e. The van der Waals surface area contributed by atoms with E-state index < -0.39 is 5.91 Å². The molecule has 3 heterocycles. The Morgan fingerprint density at radius 2 is 1.91 bits per heavy atom. The van der Waals surface area contributed by atoms with Crippen LogP contribution in [0.4, 0.5) is 5.00 Å². The van der Waals surface area contributed by atoms with Crippen molar-refractivity contribution in [2.75, 3.05) is 18.5 Å². The summed E-state index contributed by atoms with van der Waals surface area (Å²) in [6.07, 6.45) is 9.05. The van der Waals surface area contributed by atoms with Gasteiger partial charge in [0.2, 0.25) is 0 Å². The third-order valence-corrected chi connectivity index (χ3v) is 9.10. The summed E-state index contributed by atoms with van der Waals surface area (Å²) in [5.41, 5.74) is 5.60. The molecule has 2 amide bonds. The Morgan fingerprint density at radius 3 is 2.65 bits per heavy atom. The summed E-state index contributed by atoms with van der Waals surface area (Å²) in [4.78, 5) is 28.1. The van der Waals surface area contributed by atoms with E-state index in [1.807, 2.05) is 67.7 Å². The van der Waals surface area contributed by atoms with E-state index in [1.165, 1.54) is 11.3 Å². The van der Waals surface area contributed by atoms with Crippen molar-refractivity contribution >= 4 is 34.2 Å². The van der Waals surface area contributed by atoms with Crippen LogP contribution in [0.3, 0.4) is 0 Å². The van der Waals surface area contributed by atoms with Crippen molar-refractivity contribution < 1.29 is 14.3 Å². The maximum absolute atomic E-state index is 13.6. The summed E-state index contributed by atoms with van der Waals surface area (Å²) in [6, 6.07) is 19.7. The number of nitriles is 1. The summed E-state index contributed by atoms with van der Waals surface area (Å²) < 4.78 is 7.42. The summed E-state index contributed by atoms with van der Waals surface area (Å²) in [6.45, 7) is 3.17. The van der Waals surface area contributed by atoms with Crippen LogP contribution >= 0.6 is 11.3 Å². The van der Waals surface area contributed by atoms with Crippen molar-refractivity contribution in [1.29, 1.82) is 5.26 Å². The summed E-state index contributed by atoms with van der Waals surface area (Å²) in [7, 11) is 0. The molecule has 2 N–H and O–H groups in total. The number of para-hydroxylation sites is 1. The Kier molecular flexibility index (Phi) is 8.50. The van der Waals surface area contributed by atoms with Gasteiger partial charge in [0.1, 0.15) is 16.6 Å². The molecule has 6 rings (SSSR count). The third-order valence-electron chi connectivity index (χ3n) is 7.89. The number of hydrogen-bond acceptors (Lipinski definition) is 6. The first-order valence-corrected chi connectivity index (χ1v) is 15.5. The Bertz CT molecular complexity index is 1710. The second-order valence-electron chi connectivity index (χ2n) is 11.0. The predicted octanol–water partition coefficient (Wildman–Crippen LogP) is 6.24. The fourth-order valence-electron chi connectivity index (χ4n) is 5.61. The number of aromatic nitrogens is 2. The monoisotopic (exact) mass is 591 g/mol. The molecule has 8 nitrogen and oxygen atoms in total. The van der Waals surface area contributed by atoms with Crippen LogP contribution in [0.5, 0.6) is 0 Å².